The number of hydrogen-bond acceptors (Lipinski definition) is 1. The highest BCUT2D eigenvalue weighted by molar-refractivity contribution is 6.37. The smallest absolute Gasteiger partial charge is 0.131 e. The average Bonchev–Trinajstić information content (AvgIpc) is 2.16. The molecular formula is C12H11Cl2N. The second-order valence-electron chi connectivity index (χ2n) is 3.86. The Bertz CT molecular complexity index is 506. The van der Waals surface area contributed by atoms with E-state index in [1.165, 1.54) is 5.56 Å². The quantitative estimate of drug-likeness (QED) is 0.660. The molecule has 0 fully saturated rings. The Balaban J connectivity index is 2.71. The van der Waals surface area contributed by atoms with Gasteiger partial charge in [-0.2, -0.15) is 0 Å². The number of fused-ring (bicyclic) bond motifs is 1. The summed E-state index contributed by atoms with van der Waals surface area (Å²) in [5, 5.41) is 2.04. The van der Waals surface area contributed by atoms with Gasteiger partial charge in [-0.05, 0) is 23.6 Å². The number of pyridine rings is 1. The Hall–Kier alpha value is -0.790. The summed E-state index contributed by atoms with van der Waals surface area (Å²) in [5.74, 6) is 0.481. The SMILES string of the molecule is CC(C)c1ccc2c(Cl)cc(Cl)nc2c1. The van der Waals surface area contributed by atoms with E-state index in [1.807, 2.05) is 12.1 Å². The van der Waals surface area contributed by atoms with Crippen LogP contribution >= 0.6 is 23.2 Å². The van der Waals surface area contributed by atoms with E-state index < -0.39 is 0 Å². The topological polar surface area (TPSA) is 12.9 Å². The lowest BCUT2D eigenvalue weighted by Gasteiger charge is -2.07. The van der Waals surface area contributed by atoms with Crippen molar-refractivity contribution < 1.29 is 0 Å². The van der Waals surface area contributed by atoms with E-state index in [9.17, 15) is 0 Å². The number of hydrogen-bond donors (Lipinski definition) is 0. The summed E-state index contributed by atoms with van der Waals surface area (Å²) in [6.45, 7) is 4.29. The van der Waals surface area contributed by atoms with Crippen molar-refractivity contribution in [1.82, 2.24) is 4.98 Å². The van der Waals surface area contributed by atoms with Crippen LogP contribution in [0.2, 0.25) is 10.2 Å². The first-order valence-electron chi connectivity index (χ1n) is 4.83. The van der Waals surface area contributed by atoms with Crippen LogP contribution < -0.4 is 0 Å². The van der Waals surface area contributed by atoms with Gasteiger partial charge in [0.25, 0.3) is 0 Å². The molecule has 0 aliphatic heterocycles. The van der Waals surface area contributed by atoms with Gasteiger partial charge >= 0.3 is 0 Å². The van der Waals surface area contributed by atoms with Gasteiger partial charge in [-0.25, -0.2) is 4.98 Å². The third-order valence-electron chi connectivity index (χ3n) is 2.42. The molecule has 0 saturated carbocycles. The molecule has 0 bridgehead atoms. The molecule has 0 radical (unpaired) electrons. The molecule has 0 N–H and O–H groups in total. The van der Waals surface area contributed by atoms with Crippen molar-refractivity contribution >= 4 is 34.1 Å². The van der Waals surface area contributed by atoms with Gasteiger partial charge in [-0.1, -0.05) is 49.2 Å². The molecule has 1 aromatic carbocycles. The van der Waals surface area contributed by atoms with E-state index in [1.54, 1.807) is 6.07 Å². The zero-order valence-electron chi connectivity index (χ0n) is 8.59. The Morgan fingerprint density at radius 2 is 1.87 bits per heavy atom. The lowest BCUT2D eigenvalue weighted by molar-refractivity contribution is 0.868. The summed E-state index contributed by atoms with van der Waals surface area (Å²) < 4.78 is 0. The van der Waals surface area contributed by atoms with Gasteiger partial charge in [0.1, 0.15) is 5.15 Å². The molecule has 0 unspecified atom stereocenters. The molecular weight excluding hydrogens is 229 g/mol. The molecule has 0 spiro atoms. The largest absolute Gasteiger partial charge is 0.236 e. The van der Waals surface area contributed by atoms with Gasteiger partial charge in [-0.3, -0.25) is 0 Å². The van der Waals surface area contributed by atoms with Crippen molar-refractivity contribution in [3.05, 3.63) is 40.0 Å². The van der Waals surface area contributed by atoms with Crippen LogP contribution in [-0.2, 0) is 0 Å². The van der Waals surface area contributed by atoms with Crippen LogP contribution in [0.25, 0.3) is 10.9 Å². The molecule has 1 nitrogen and oxygen atoms in total. The lowest BCUT2D eigenvalue weighted by Crippen LogP contribution is -1.89. The number of rotatable bonds is 1. The van der Waals surface area contributed by atoms with Gasteiger partial charge in [-0.15, -0.1) is 0 Å². The third-order valence-corrected chi connectivity index (χ3v) is 2.93. The van der Waals surface area contributed by atoms with E-state index >= 15 is 0 Å². The predicted octanol–water partition coefficient (Wildman–Crippen LogP) is 4.67. The summed E-state index contributed by atoms with van der Waals surface area (Å²) in [4.78, 5) is 4.26. The summed E-state index contributed by atoms with van der Waals surface area (Å²) in [6, 6.07) is 7.78. The minimum absolute atomic E-state index is 0.438. The highest BCUT2D eigenvalue weighted by atomic mass is 35.5. The first kappa shape index (κ1) is 10.7. The van der Waals surface area contributed by atoms with Crippen molar-refractivity contribution in [2.24, 2.45) is 0 Å². The van der Waals surface area contributed by atoms with E-state index in [0.717, 1.165) is 10.9 Å². The van der Waals surface area contributed by atoms with Crippen molar-refractivity contribution in [2.75, 3.05) is 0 Å². The third kappa shape index (κ3) is 2.09. The van der Waals surface area contributed by atoms with Crippen molar-refractivity contribution in [3.63, 3.8) is 0 Å². The van der Waals surface area contributed by atoms with Crippen LogP contribution in [0, 0.1) is 0 Å². The molecule has 1 aromatic heterocycles. The first-order valence-corrected chi connectivity index (χ1v) is 5.59. The van der Waals surface area contributed by atoms with Crippen LogP contribution in [-0.4, -0.2) is 4.98 Å². The van der Waals surface area contributed by atoms with Crippen molar-refractivity contribution in [2.45, 2.75) is 19.8 Å². The minimum Gasteiger partial charge on any atom is -0.236 e. The molecule has 0 aliphatic carbocycles. The highest BCUT2D eigenvalue weighted by Crippen LogP contribution is 2.27. The summed E-state index contributed by atoms with van der Waals surface area (Å²) in [6.07, 6.45) is 0. The van der Waals surface area contributed by atoms with Crippen LogP contribution in [0.15, 0.2) is 24.3 Å². The van der Waals surface area contributed by atoms with Gasteiger partial charge < -0.3 is 0 Å². The fraction of sp³-hybridized carbons (Fsp3) is 0.250. The number of aromatic nitrogens is 1. The van der Waals surface area contributed by atoms with E-state index in [4.69, 9.17) is 23.2 Å². The maximum absolute atomic E-state index is 6.07. The molecule has 2 rings (SSSR count). The monoisotopic (exact) mass is 239 g/mol. The maximum Gasteiger partial charge on any atom is 0.131 e. The maximum atomic E-state index is 6.07. The Morgan fingerprint density at radius 1 is 1.13 bits per heavy atom. The second kappa shape index (κ2) is 3.99. The molecule has 2 aromatic rings. The predicted molar refractivity (Wildman–Crippen MR) is 65.9 cm³/mol. The zero-order valence-corrected chi connectivity index (χ0v) is 10.1. The van der Waals surface area contributed by atoms with E-state index in [2.05, 4.69) is 24.9 Å². The van der Waals surface area contributed by atoms with Crippen molar-refractivity contribution in [3.8, 4) is 0 Å². The number of benzene rings is 1. The summed E-state index contributed by atoms with van der Waals surface area (Å²) >= 11 is 11.9. The van der Waals surface area contributed by atoms with Crippen molar-refractivity contribution in [1.29, 1.82) is 0 Å². The standard InChI is InChI=1S/C12H11Cl2N/c1-7(2)8-3-4-9-10(13)6-12(14)15-11(9)5-8/h3-7H,1-2H3. The van der Waals surface area contributed by atoms with E-state index in [0.29, 0.717) is 16.1 Å². The molecule has 0 aliphatic rings. The average molecular weight is 240 g/mol. The Labute approximate surface area is 99.0 Å². The van der Waals surface area contributed by atoms with Gasteiger partial charge in [0.05, 0.1) is 10.5 Å². The molecule has 0 saturated heterocycles. The van der Waals surface area contributed by atoms with Crippen LogP contribution in [0.5, 0.6) is 0 Å². The Morgan fingerprint density at radius 3 is 2.53 bits per heavy atom. The molecule has 15 heavy (non-hydrogen) atoms. The minimum atomic E-state index is 0.438. The number of nitrogens with zero attached hydrogens (tertiary/aromatic N) is 1. The lowest BCUT2D eigenvalue weighted by atomic mass is 10.0. The molecule has 78 valence electrons. The molecule has 1 heterocycles. The molecule has 0 amide bonds. The summed E-state index contributed by atoms with van der Waals surface area (Å²) in [5.41, 5.74) is 2.10. The van der Waals surface area contributed by atoms with Crippen LogP contribution in [0.4, 0.5) is 0 Å². The number of halogens is 2. The normalized spacial score (nSPS) is 11.3. The molecule has 3 heteroatoms. The second-order valence-corrected chi connectivity index (χ2v) is 4.65. The molecule has 0 atom stereocenters. The summed E-state index contributed by atoms with van der Waals surface area (Å²) in [7, 11) is 0. The van der Waals surface area contributed by atoms with Gasteiger partial charge in [0, 0.05) is 5.39 Å². The van der Waals surface area contributed by atoms with Gasteiger partial charge in [0.15, 0.2) is 0 Å². The fourth-order valence-electron chi connectivity index (χ4n) is 1.53. The van der Waals surface area contributed by atoms with E-state index in [-0.39, 0.29) is 0 Å². The Kier molecular flexibility index (Phi) is 2.85. The fourth-order valence-corrected chi connectivity index (χ4v) is 2.05. The first-order chi connectivity index (χ1) is 7.08. The zero-order chi connectivity index (χ0) is 11.0. The van der Waals surface area contributed by atoms with Gasteiger partial charge in [0.2, 0.25) is 0 Å². The van der Waals surface area contributed by atoms with Crippen LogP contribution in [0.3, 0.4) is 0 Å². The highest BCUT2D eigenvalue weighted by Gasteiger charge is 2.05. The van der Waals surface area contributed by atoms with Crippen LogP contribution in [0.1, 0.15) is 25.3 Å².